The van der Waals surface area contributed by atoms with Crippen LogP contribution in [0.25, 0.3) is 0 Å². The first-order valence-electron chi connectivity index (χ1n) is 8.96. The standard InChI is InChI=1S/C20H22N4O3S/c1-4-18-19(5-2)23-24-20(22-18)21-14-9-11-15(12-10-14)27-16-7-6-8-17(13-16)28(3,25)26/h6-13H,4-5H2,1-3H3,(H,21,22,24). The molecule has 0 fully saturated rings. The Balaban J connectivity index is 1.72. The minimum absolute atomic E-state index is 0.218. The highest BCUT2D eigenvalue weighted by atomic mass is 32.2. The van der Waals surface area contributed by atoms with Crippen molar-refractivity contribution in [3.05, 3.63) is 59.9 Å². The molecule has 1 N–H and O–H groups in total. The summed E-state index contributed by atoms with van der Waals surface area (Å²) in [6.45, 7) is 4.07. The van der Waals surface area contributed by atoms with Gasteiger partial charge in [-0.25, -0.2) is 13.4 Å². The molecule has 0 radical (unpaired) electrons. The molecule has 0 bridgehead atoms. The first-order valence-corrected chi connectivity index (χ1v) is 10.9. The van der Waals surface area contributed by atoms with Crippen molar-refractivity contribution >= 4 is 21.5 Å². The zero-order valence-electron chi connectivity index (χ0n) is 16.0. The zero-order chi connectivity index (χ0) is 20.1. The van der Waals surface area contributed by atoms with Crippen LogP contribution in [-0.2, 0) is 22.7 Å². The maximum atomic E-state index is 11.7. The first kappa shape index (κ1) is 19.8. The summed E-state index contributed by atoms with van der Waals surface area (Å²) in [6.07, 6.45) is 2.77. The molecule has 8 heteroatoms. The van der Waals surface area contributed by atoms with Gasteiger partial charge in [0.2, 0.25) is 5.95 Å². The molecule has 0 saturated carbocycles. The third-order valence-electron chi connectivity index (χ3n) is 4.09. The van der Waals surface area contributed by atoms with Gasteiger partial charge in [-0.3, -0.25) is 0 Å². The third-order valence-corrected chi connectivity index (χ3v) is 5.20. The van der Waals surface area contributed by atoms with E-state index in [0.717, 1.165) is 29.9 Å². The van der Waals surface area contributed by atoms with Crippen LogP contribution < -0.4 is 10.1 Å². The first-order chi connectivity index (χ1) is 13.4. The Bertz CT molecular complexity index is 1070. The normalized spacial score (nSPS) is 11.2. The number of ether oxygens (including phenoxy) is 1. The van der Waals surface area contributed by atoms with E-state index < -0.39 is 9.84 Å². The molecular weight excluding hydrogens is 376 g/mol. The number of sulfone groups is 1. The van der Waals surface area contributed by atoms with Crippen LogP contribution in [0.3, 0.4) is 0 Å². The lowest BCUT2D eigenvalue weighted by molar-refractivity contribution is 0.481. The highest BCUT2D eigenvalue weighted by Crippen LogP contribution is 2.26. The second kappa shape index (κ2) is 8.35. The molecule has 0 atom stereocenters. The Hall–Kier alpha value is -3.00. The van der Waals surface area contributed by atoms with Gasteiger partial charge in [-0.15, -0.1) is 10.2 Å². The summed E-state index contributed by atoms with van der Waals surface area (Å²) in [6, 6.07) is 13.6. The predicted molar refractivity (Wildman–Crippen MR) is 108 cm³/mol. The van der Waals surface area contributed by atoms with E-state index in [1.165, 1.54) is 18.4 Å². The second-order valence-corrected chi connectivity index (χ2v) is 8.25. The summed E-state index contributed by atoms with van der Waals surface area (Å²) < 4.78 is 29.1. The van der Waals surface area contributed by atoms with Crippen LogP contribution in [0.2, 0.25) is 0 Å². The molecule has 0 aliphatic carbocycles. The predicted octanol–water partition coefficient (Wildman–Crippen LogP) is 3.94. The Morgan fingerprint density at radius 2 is 1.64 bits per heavy atom. The van der Waals surface area contributed by atoms with E-state index in [-0.39, 0.29) is 4.90 Å². The van der Waals surface area contributed by atoms with Crippen LogP contribution in [0.1, 0.15) is 25.2 Å². The van der Waals surface area contributed by atoms with Crippen molar-refractivity contribution in [1.29, 1.82) is 0 Å². The van der Waals surface area contributed by atoms with Gasteiger partial charge in [-0.2, -0.15) is 0 Å². The summed E-state index contributed by atoms with van der Waals surface area (Å²) in [7, 11) is -3.28. The molecule has 0 saturated heterocycles. The SMILES string of the molecule is CCc1nnc(Nc2ccc(Oc3cccc(S(C)(=O)=O)c3)cc2)nc1CC. The Labute approximate surface area is 164 Å². The molecular formula is C20H22N4O3S. The van der Waals surface area contributed by atoms with Crippen LogP contribution in [-0.4, -0.2) is 29.9 Å². The Morgan fingerprint density at radius 3 is 2.29 bits per heavy atom. The van der Waals surface area contributed by atoms with Crippen LogP contribution in [0.4, 0.5) is 11.6 Å². The summed E-state index contributed by atoms with van der Waals surface area (Å²) in [5.41, 5.74) is 2.64. The molecule has 3 rings (SSSR count). The molecule has 7 nitrogen and oxygen atoms in total. The maximum Gasteiger partial charge on any atom is 0.247 e. The van der Waals surface area contributed by atoms with E-state index in [9.17, 15) is 8.42 Å². The Morgan fingerprint density at radius 1 is 0.929 bits per heavy atom. The topological polar surface area (TPSA) is 94.1 Å². The maximum absolute atomic E-state index is 11.7. The molecule has 0 spiro atoms. The summed E-state index contributed by atoms with van der Waals surface area (Å²) in [5.74, 6) is 1.49. The fourth-order valence-corrected chi connectivity index (χ4v) is 3.29. The monoisotopic (exact) mass is 398 g/mol. The quantitative estimate of drug-likeness (QED) is 0.644. The van der Waals surface area contributed by atoms with Gasteiger partial charge in [-0.05, 0) is 55.3 Å². The highest BCUT2D eigenvalue weighted by Gasteiger charge is 2.09. The average Bonchev–Trinajstić information content (AvgIpc) is 2.69. The van der Waals surface area contributed by atoms with Crippen molar-refractivity contribution < 1.29 is 13.2 Å². The number of benzene rings is 2. The fourth-order valence-electron chi connectivity index (χ4n) is 2.63. The lowest BCUT2D eigenvalue weighted by atomic mass is 10.2. The van der Waals surface area contributed by atoms with Crippen molar-refractivity contribution in [3.63, 3.8) is 0 Å². The van der Waals surface area contributed by atoms with Crippen LogP contribution in [0.15, 0.2) is 53.4 Å². The molecule has 2 aromatic carbocycles. The van der Waals surface area contributed by atoms with Gasteiger partial charge in [0, 0.05) is 11.9 Å². The van der Waals surface area contributed by atoms with E-state index in [4.69, 9.17) is 4.74 Å². The van der Waals surface area contributed by atoms with E-state index in [0.29, 0.717) is 17.4 Å². The number of aromatic nitrogens is 3. The minimum Gasteiger partial charge on any atom is -0.457 e. The van der Waals surface area contributed by atoms with Gasteiger partial charge in [-0.1, -0.05) is 19.9 Å². The van der Waals surface area contributed by atoms with Crippen molar-refractivity contribution in [3.8, 4) is 11.5 Å². The lowest BCUT2D eigenvalue weighted by Crippen LogP contribution is -2.06. The number of nitrogens with zero attached hydrogens (tertiary/aromatic N) is 3. The van der Waals surface area contributed by atoms with Gasteiger partial charge in [0.1, 0.15) is 11.5 Å². The molecule has 1 heterocycles. The van der Waals surface area contributed by atoms with E-state index in [1.807, 2.05) is 26.0 Å². The van der Waals surface area contributed by atoms with Gasteiger partial charge in [0.05, 0.1) is 16.3 Å². The number of aryl methyl sites for hydroxylation is 2. The van der Waals surface area contributed by atoms with Crippen LogP contribution in [0, 0.1) is 0 Å². The third kappa shape index (κ3) is 4.83. The van der Waals surface area contributed by atoms with Crippen molar-refractivity contribution in [2.24, 2.45) is 0 Å². The summed E-state index contributed by atoms with van der Waals surface area (Å²) >= 11 is 0. The molecule has 0 unspecified atom stereocenters. The van der Waals surface area contributed by atoms with Gasteiger partial charge in [0.15, 0.2) is 9.84 Å². The summed E-state index contributed by atoms with van der Waals surface area (Å²) in [4.78, 5) is 4.73. The molecule has 146 valence electrons. The smallest absolute Gasteiger partial charge is 0.247 e. The zero-order valence-corrected chi connectivity index (χ0v) is 16.8. The Kier molecular flexibility index (Phi) is 5.89. The number of hydrogen-bond donors (Lipinski definition) is 1. The van der Waals surface area contributed by atoms with E-state index in [2.05, 4.69) is 20.5 Å². The number of hydrogen-bond acceptors (Lipinski definition) is 7. The second-order valence-electron chi connectivity index (χ2n) is 6.23. The molecule has 28 heavy (non-hydrogen) atoms. The van der Waals surface area contributed by atoms with Crippen LogP contribution >= 0.6 is 0 Å². The summed E-state index contributed by atoms with van der Waals surface area (Å²) in [5, 5.41) is 11.5. The molecule has 0 amide bonds. The largest absolute Gasteiger partial charge is 0.457 e. The minimum atomic E-state index is -3.28. The van der Waals surface area contributed by atoms with Gasteiger partial charge in [0.25, 0.3) is 0 Å². The molecule has 0 aliphatic rings. The van der Waals surface area contributed by atoms with Gasteiger partial charge >= 0.3 is 0 Å². The lowest BCUT2D eigenvalue weighted by Gasteiger charge is -2.10. The number of anilines is 2. The van der Waals surface area contributed by atoms with Gasteiger partial charge < -0.3 is 10.1 Å². The average molecular weight is 398 g/mol. The number of nitrogens with one attached hydrogen (secondary N) is 1. The molecule has 0 aliphatic heterocycles. The van der Waals surface area contributed by atoms with Crippen LogP contribution in [0.5, 0.6) is 11.5 Å². The van der Waals surface area contributed by atoms with Crippen molar-refractivity contribution in [1.82, 2.24) is 15.2 Å². The number of rotatable bonds is 7. The highest BCUT2D eigenvalue weighted by molar-refractivity contribution is 7.90. The molecule has 1 aromatic heterocycles. The fraction of sp³-hybridized carbons (Fsp3) is 0.250. The van der Waals surface area contributed by atoms with Crippen molar-refractivity contribution in [2.45, 2.75) is 31.6 Å². The van der Waals surface area contributed by atoms with E-state index in [1.54, 1.807) is 24.3 Å². The molecule has 3 aromatic rings. The van der Waals surface area contributed by atoms with E-state index >= 15 is 0 Å². The van der Waals surface area contributed by atoms with Crippen molar-refractivity contribution in [2.75, 3.05) is 11.6 Å².